The number of hydrogen-bond donors (Lipinski definition) is 2. The van der Waals surface area contributed by atoms with Crippen LogP contribution >= 0.6 is 0 Å². The third kappa shape index (κ3) is 3.94. The highest BCUT2D eigenvalue weighted by Crippen LogP contribution is 2.22. The van der Waals surface area contributed by atoms with Crippen LogP contribution in [-0.4, -0.2) is 23.0 Å². The Morgan fingerprint density at radius 1 is 1.47 bits per heavy atom. The van der Waals surface area contributed by atoms with E-state index in [0.29, 0.717) is 5.56 Å². The zero-order valence-corrected chi connectivity index (χ0v) is 10.2. The van der Waals surface area contributed by atoms with E-state index in [-0.39, 0.29) is 17.7 Å². The molecule has 0 aliphatic carbocycles. The van der Waals surface area contributed by atoms with Gasteiger partial charge in [-0.05, 0) is 11.5 Å². The van der Waals surface area contributed by atoms with Gasteiger partial charge in [0.2, 0.25) is 0 Å². The molecule has 0 bridgehead atoms. The van der Waals surface area contributed by atoms with Gasteiger partial charge in [0.1, 0.15) is 6.26 Å². The van der Waals surface area contributed by atoms with E-state index in [1.54, 1.807) is 0 Å². The van der Waals surface area contributed by atoms with Crippen LogP contribution in [0.4, 0.5) is 0 Å². The van der Waals surface area contributed by atoms with Crippen LogP contribution in [0.15, 0.2) is 23.0 Å². The monoisotopic (exact) mass is 239 g/mol. The molecular weight excluding hydrogens is 222 g/mol. The molecule has 17 heavy (non-hydrogen) atoms. The zero-order chi connectivity index (χ0) is 13.1. The number of rotatable bonds is 4. The summed E-state index contributed by atoms with van der Waals surface area (Å²) in [4.78, 5) is 22.5. The van der Waals surface area contributed by atoms with Gasteiger partial charge in [-0.1, -0.05) is 20.8 Å². The number of carboxylic acid groups (broad SMARTS) is 1. The maximum atomic E-state index is 11.8. The fourth-order valence-electron chi connectivity index (χ4n) is 1.38. The minimum Gasteiger partial charge on any atom is -0.481 e. The molecule has 2 N–H and O–H groups in total. The molecule has 0 aliphatic heterocycles. The summed E-state index contributed by atoms with van der Waals surface area (Å²) < 4.78 is 4.81. The van der Waals surface area contributed by atoms with Crippen LogP contribution in [0.1, 0.15) is 37.6 Å². The molecule has 5 nitrogen and oxygen atoms in total. The smallest absolute Gasteiger partial charge is 0.305 e. The van der Waals surface area contributed by atoms with Gasteiger partial charge in [0.25, 0.3) is 5.91 Å². The summed E-state index contributed by atoms with van der Waals surface area (Å²) in [6.45, 7) is 5.66. The number of carbonyl (C=O) groups is 2. The Balaban J connectivity index is 2.73. The van der Waals surface area contributed by atoms with Crippen molar-refractivity contribution in [3.63, 3.8) is 0 Å². The lowest BCUT2D eigenvalue weighted by molar-refractivity contribution is -0.138. The summed E-state index contributed by atoms with van der Waals surface area (Å²) in [5.74, 6) is -1.25. The van der Waals surface area contributed by atoms with Gasteiger partial charge in [-0.15, -0.1) is 0 Å². The van der Waals surface area contributed by atoms with E-state index in [2.05, 4.69) is 5.32 Å². The van der Waals surface area contributed by atoms with Crippen molar-refractivity contribution in [2.24, 2.45) is 5.41 Å². The van der Waals surface area contributed by atoms with E-state index in [4.69, 9.17) is 9.52 Å². The average molecular weight is 239 g/mol. The summed E-state index contributed by atoms with van der Waals surface area (Å²) >= 11 is 0. The van der Waals surface area contributed by atoms with Crippen molar-refractivity contribution in [3.05, 3.63) is 24.2 Å². The molecule has 1 aromatic heterocycles. The lowest BCUT2D eigenvalue weighted by atomic mass is 9.84. The quantitative estimate of drug-likeness (QED) is 0.841. The molecule has 0 saturated carbocycles. The van der Waals surface area contributed by atoms with Crippen LogP contribution in [0.3, 0.4) is 0 Å². The number of nitrogens with one attached hydrogen (secondary N) is 1. The highest BCUT2D eigenvalue weighted by Gasteiger charge is 2.28. The minimum atomic E-state index is -0.933. The van der Waals surface area contributed by atoms with E-state index in [1.165, 1.54) is 18.6 Å². The van der Waals surface area contributed by atoms with Crippen LogP contribution in [0.2, 0.25) is 0 Å². The molecule has 94 valence electrons. The molecule has 5 heteroatoms. The number of amides is 1. The number of aliphatic carboxylic acids is 1. The Bertz CT molecular complexity index is 389. The van der Waals surface area contributed by atoms with E-state index in [9.17, 15) is 9.59 Å². The predicted octanol–water partition coefficient (Wildman–Crippen LogP) is 1.90. The molecule has 1 rings (SSSR count). The van der Waals surface area contributed by atoms with Crippen molar-refractivity contribution in [2.45, 2.75) is 33.2 Å². The Kier molecular flexibility index (Phi) is 3.93. The van der Waals surface area contributed by atoms with Gasteiger partial charge in [-0.25, -0.2) is 0 Å². The molecule has 1 amide bonds. The normalized spacial score (nSPS) is 13.1. The largest absolute Gasteiger partial charge is 0.481 e. The van der Waals surface area contributed by atoms with E-state index >= 15 is 0 Å². The summed E-state index contributed by atoms with van der Waals surface area (Å²) in [7, 11) is 0. The maximum Gasteiger partial charge on any atom is 0.305 e. The van der Waals surface area contributed by atoms with Crippen LogP contribution < -0.4 is 5.32 Å². The van der Waals surface area contributed by atoms with E-state index < -0.39 is 12.0 Å². The van der Waals surface area contributed by atoms with Gasteiger partial charge in [0.15, 0.2) is 0 Å². The Labute approximate surface area is 99.8 Å². The second-order valence-corrected chi connectivity index (χ2v) is 5.00. The Hall–Kier alpha value is -1.78. The van der Waals surface area contributed by atoms with Gasteiger partial charge >= 0.3 is 5.97 Å². The number of furan rings is 1. The molecule has 1 aromatic rings. The zero-order valence-electron chi connectivity index (χ0n) is 10.2. The summed E-state index contributed by atoms with van der Waals surface area (Å²) in [5.41, 5.74) is 0.0715. The van der Waals surface area contributed by atoms with E-state index in [1.807, 2.05) is 20.8 Å². The molecular formula is C12H17NO4. The first kappa shape index (κ1) is 13.3. The second-order valence-electron chi connectivity index (χ2n) is 5.00. The van der Waals surface area contributed by atoms with E-state index in [0.717, 1.165) is 0 Å². The second kappa shape index (κ2) is 5.03. The van der Waals surface area contributed by atoms with Crippen molar-refractivity contribution >= 4 is 11.9 Å². The first-order valence-electron chi connectivity index (χ1n) is 5.35. The van der Waals surface area contributed by atoms with Crippen molar-refractivity contribution in [1.82, 2.24) is 5.32 Å². The first-order chi connectivity index (χ1) is 7.80. The number of carbonyl (C=O) groups excluding carboxylic acids is 1. The third-order valence-electron chi connectivity index (χ3n) is 2.51. The van der Waals surface area contributed by atoms with Crippen LogP contribution in [0, 0.1) is 5.41 Å². The lowest BCUT2D eigenvalue weighted by Crippen LogP contribution is -2.44. The van der Waals surface area contributed by atoms with Gasteiger partial charge in [-0.2, -0.15) is 0 Å². The molecule has 0 fully saturated rings. The van der Waals surface area contributed by atoms with Crippen LogP contribution in [-0.2, 0) is 4.79 Å². The highest BCUT2D eigenvalue weighted by atomic mass is 16.4. The SMILES string of the molecule is CC(C)(C)C(CC(=O)O)NC(=O)c1ccoc1. The van der Waals surface area contributed by atoms with Gasteiger partial charge < -0.3 is 14.8 Å². The standard InChI is InChI=1S/C12H17NO4/c1-12(2,3)9(6-10(14)15)13-11(16)8-4-5-17-7-8/h4-5,7,9H,6H2,1-3H3,(H,13,16)(H,14,15). The van der Waals surface area contributed by atoms with Gasteiger partial charge in [0.05, 0.1) is 18.2 Å². The molecule has 0 spiro atoms. The molecule has 0 aromatic carbocycles. The Morgan fingerprint density at radius 2 is 2.12 bits per heavy atom. The fourth-order valence-corrected chi connectivity index (χ4v) is 1.38. The first-order valence-corrected chi connectivity index (χ1v) is 5.35. The third-order valence-corrected chi connectivity index (χ3v) is 2.51. The van der Waals surface area contributed by atoms with Crippen molar-refractivity contribution in [2.75, 3.05) is 0 Å². The van der Waals surface area contributed by atoms with Crippen molar-refractivity contribution in [1.29, 1.82) is 0 Å². The number of hydrogen-bond acceptors (Lipinski definition) is 3. The molecule has 1 heterocycles. The van der Waals surface area contributed by atoms with Crippen LogP contribution in [0.5, 0.6) is 0 Å². The van der Waals surface area contributed by atoms with Crippen molar-refractivity contribution < 1.29 is 19.1 Å². The topological polar surface area (TPSA) is 79.5 Å². The summed E-state index contributed by atoms with van der Waals surface area (Å²) in [5, 5.41) is 11.5. The maximum absolute atomic E-state index is 11.8. The fraction of sp³-hybridized carbons (Fsp3) is 0.500. The van der Waals surface area contributed by atoms with Crippen molar-refractivity contribution in [3.8, 4) is 0 Å². The summed E-state index contributed by atoms with van der Waals surface area (Å²) in [6.07, 6.45) is 2.63. The van der Waals surface area contributed by atoms with Gasteiger partial charge in [-0.3, -0.25) is 9.59 Å². The molecule has 1 unspecified atom stereocenters. The highest BCUT2D eigenvalue weighted by molar-refractivity contribution is 5.94. The molecule has 0 aliphatic rings. The van der Waals surface area contributed by atoms with Gasteiger partial charge in [0, 0.05) is 6.04 Å². The molecule has 0 saturated heterocycles. The Morgan fingerprint density at radius 3 is 2.53 bits per heavy atom. The summed E-state index contributed by atoms with van der Waals surface area (Å²) in [6, 6.07) is 1.11. The molecule has 1 atom stereocenters. The average Bonchev–Trinajstić information content (AvgIpc) is 2.66. The van der Waals surface area contributed by atoms with Crippen LogP contribution in [0.25, 0.3) is 0 Å². The lowest BCUT2D eigenvalue weighted by Gasteiger charge is -2.30. The predicted molar refractivity (Wildman–Crippen MR) is 61.7 cm³/mol. The number of carboxylic acids is 1. The molecule has 0 radical (unpaired) electrons. The minimum absolute atomic E-state index is 0.104.